The zero-order valence-electron chi connectivity index (χ0n) is 11.6. The lowest BCUT2D eigenvalue weighted by molar-refractivity contribution is -0.121. The Morgan fingerprint density at radius 3 is 2.79 bits per heavy atom. The SMILES string of the molecule is CCc1nc(Cl)cc(=O)n1CC(=O)NCCC(C)C. The van der Waals surface area contributed by atoms with E-state index in [1.165, 1.54) is 10.6 Å². The summed E-state index contributed by atoms with van der Waals surface area (Å²) >= 11 is 5.73. The highest BCUT2D eigenvalue weighted by Gasteiger charge is 2.10. The molecular weight excluding hydrogens is 266 g/mol. The van der Waals surface area contributed by atoms with Crippen LogP contribution in [0.3, 0.4) is 0 Å². The van der Waals surface area contributed by atoms with Crippen LogP contribution < -0.4 is 10.9 Å². The van der Waals surface area contributed by atoms with Crippen molar-refractivity contribution in [3.8, 4) is 0 Å². The van der Waals surface area contributed by atoms with Crippen molar-refractivity contribution in [2.24, 2.45) is 5.92 Å². The van der Waals surface area contributed by atoms with Gasteiger partial charge in [-0.05, 0) is 12.3 Å². The van der Waals surface area contributed by atoms with Crippen LogP contribution in [0.25, 0.3) is 0 Å². The molecule has 0 unspecified atom stereocenters. The first-order valence-corrected chi connectivity index (χ1v) is 6.84. The second-order valence-corrected chi connectivity index (χ2v) is 5.19. The van der Waals surface area contributed by atoms with E-state index >= 15 is 0 Å². The first kappa shape index (κ1) is 15.7. The number of rotatable bonds is 6. The standard InChI is InChI=1S/C13H20ClN3O2/c1-4-11-16-10(14)7-13(19)17(11)8-12(18)15-6-5-9(2)3/h7,9H,4-6,8H2,1-3H3,(H,15,18). The molecule has 0 bridgehead atoms. The topological polar surface area (TPSA) is 64.0 Å². The van der Waals surface area contributed by atoms with Gasteiger partial charge < -0.3 is 5.32 Å². The molecule has 19 heavy (non-hydrogen) atoms. The predicted molar refractivity (Wildman–Crippen MR) is 75.3 cm³/mol. The molecule has 1 aromatic heterocycles. The quantitative estimate of drug-likeness (QED) is 0.808. The summed E-state index contributed by atoms with van der Waals surface area (Å²) in [6, 6.07) is 1.22. The van der Waals surface area contributed by atoms with Gasteiger partial charge in [-0.2, -0.15) is 0 Å². The summed E-state index contributed by atoms with van der Waals surface area (Å²) in [5.41, 5.74) is -0.296. The third kappa shape index (κ3) is 5.03. The monoisotopic (exact) mass is 285 g/mol. The lowest BCUT2D eigenvalue weighted by atomic mass is 10.1. The summed E-state index contributed by atoms with van der Waals surface area (Å²) in [7, 11) is 0. The highest BCUT2D eigenvalue weighted by atomic mass is 35.5. The van der Waals surface area contributed by atoms with Crippen molar-refractivity contribution in [3.63, 3.8) is 0 Å². The van der Waals surface area contributed by atoms with Crippen molar-refractivity contribution < 1.29 is 4.79 Å². The lowest BCUT2D eigenvalue weighted by Gasteiger charge is -2.11. The molecule has 1 N–H and O–H groups in total. The number of halogens is 1. The predicted octanol–water partition coefficient (Wildman–Crippen LogP) is 1.62. The molecule has 1 aromatic rings. The summed E-state index contributed by atoms with van der Waals surface area (Å²) in [6.07, 6.45) is 1.47. The van der Waals surface area contributed by atoms with Gasteiger partial charge in [0.2, 0.25) is 5.91 Å². The largest absolute Gasteiger partial charge is 0.355 e. The van der Waals surface area contributed by atoms with Crippen LogP contribution in [0, 0.1) is 5.92 Å². The molecule has 0 spiro atoms. The zero-order valence-corrected chi connectivity index (χ0v) is 12.3. The number of aromatic nitrogens is 2. The van der Waals surface area contributed by atoms with Gasteiger partial charge >= 0.3 is 0 Å². The second kappa shape index (κ2) is 7.28. The van der Waals surface area contributed by atoms with Gasteiger partial charge in [0.05, 0.1) is 0 Å². The molecule has 0 radical (unpaired) electrons. The molecule has 1 rings (SSSR count). The van der Waals surface area contributed by atoms with Gasteiger partial charge in [0, 0.05) is 19.0 Å². The minimum Gasteiger partial charge on any atom is -0.355 e. The molecule has 0 aliphatic rings. The molecule has 5 nitrogen and oxygen atoms in total. The van der Waals surface area contributed by atoms with Crippen LogP contribution in [0.4, 0.5) is 0 Å². The van der Waals surface area contributed by atoms with Gasteiger partial charge in [-0.1, -0.05) is 32.4 Å². The Morgan fingerprint density at radius 1 is 1.53 bits per heavy atom. The van der Waals surface area contributed by atoms with E-state index in [9.17, 15) is 9.59 Å². The molecule has 1 amide bonds. The highest BCUT2D eigenvalue weighted by Crippen LogP contribution is 2.03. The van der Waals surface area contributed by atoms with Crippen LogP contribution in [-0.2, 0) is 17.8 Å². The van der Waals surface area contributed by atoms with Crippen molar-refractivity contribution in [1.29, 1.82) is 0 Å². The van der Waals surface area contributed by atoms with Gasteiger partial charge in [0.25, 0.3) is 5.56 Å². The van der Waals surface area contributed by atoms with E-state index in [2.05, 4.69) is 24.1 Å². The maximum Gasteiger partial charge on any atom is 0.255 e. The Hall–Kier alpha value is -1.36. The van der Waals surface area contributed by atoms with E-state index in [4.69, 9.17) is 11.6 Å². The lowest BCUT2D eigenvalue weighted by Crippen LogP contribution is -2.34. The molecule has 0 saturated heterocycles. The molecule has 6 heteroatoms. The fourth-order valence-corrected chi connectivity index (χ4v) is 1.85. The summed E-state index contributed by atoms with van der Waals surface area (Å²) in [4.78, 5) is 27.6. The van der Waals surface area contributed by atoms with E-state index in [-0.39, 0.29) is 23.2 Å². The average Bonchev–Trinajstić information content (AvgIpc) is 2.31. The number of carbonyl (C=O) groups is 1. The summed E-state index contributed by atoms with van der Waals surface area (Å²) in [5.74, 6) is 0.879. The Balaban J connectivity index is 2.71. The van der Waals surface area contributed by atoms with Crippen molar-refractivity contribution in [3.05, 3.63) is 27.4 Å². The highest BCUT2D eigenvalue weighted by molar-refractivity contribution is 6.29. The second-order valence-electron chi connectivity index (χ2n) is 4.81. The van der Waals surface area contributed by atoms with Gasteiger partial charge in [-0.15, -0.1) is 0 Å². The maximum absolute atomic E-state index is 11.8. The molecule has 1 heterocycles. The third-order valence-electron chi connectivity index (χ3n) is 2.72. The number of aryl methyl sites for hydroxylation is 1. The molecule has 0 aliphatic carbocycles. The molecule has 106 valence electrons. The number of amides is 1. The van der Waals surface area contributed by atoms with E-state index in [0.717, 1.165) is 6.42 Å². The number of hydrogen-bond donors (Lipinski definition) is 1. The van der Waals surface area contributed by atoms with E-state index in [0.29, 0.717) is 24.7 Å². The molecule has 0 fully saturated rings. The van der Waals surface area contributed by atoms with Crippen LogP contribution in [0.5, 0.6) is 0 Å². The van der Waals surface area contributed by atoms with Crippen LogP contribution in [0.1, 0.15) is 33.0 Å². The summed E-state index contributed by atoms with van der Waals surface area (Å²) < 4.78 is 1.36. The fraction of sp³-hybridized carbons (Fsp3) is 0.615. The third-order valence-corrected chi connectivity index (χ3v) is 2.91. The van der Waals surface area contributed by atoms with Crippen LogP contribution in [0.2, 0.25) is 5.15 Å². The average molecular weight is 286 g/mol. The van der Waals surface area contributed by atoms with Crippen molar-refractivity contribution in [2.45, 2.75) is 40.2 Å². The summed E-state index contributed by atoms with van der Waals surface area (Å²) in [6.45, 7) is 6.66. The number of nitrogens with one attached hydrogen (secondary N) is 1. The van der Waals surface area contributed by atoms with Gasteiger partial charge in [0.15, 0.2) is 0 Å². The molecule has 0 saturated carbocycles. The molecule has 0 atom stereocenters. The first-order valence-electron chi connectivity index (χ1n) is 6.47. The van der Waals surface area contributed by atoms with Crippen LogP contribution in [-0.4, -0.2) is 22.0 Å². The van der Waals surface area contributed by atoms with Gasteiger partial charge in [-0.25, -0.2) is 4.98 Å². The zero-order chi connectivity index (χ0) is 14.4. The van der Waals surface area contributed by atoms with Crippen molar-refractivity contribution >= 4 is 17.5 Å². The number of hydrogen-bond acceptors (Lipinski definition) is 3. The Morgan fingerprint density at radius 2 is 2.21 bits per heavy atom. The molecular formula is C13H20ClN3O2. The molecule has 0 aliphatic heterocycles. The van der Waals surface area contributed by atoms with Crippen LogP contribution >= 0.6 is 11.6 Å². The maximum atomic E-state index is 11.8. The minimum atomic E-state index is -0.296. The van der Waals surface area contributed by atoms with Gasteiger partial charge in [-0.3, -0.25) is 14.2 Å². The van der Waals surface area contributed by atoms with E-state index in [1.54, 1.807) is 0 Å². The Kier molecular flexibility index (Phi) is 6.02. The van der Waals surface area contributed by atoms with Gasteiger partial charge in [0.1, 0.15) is 17.5 Å². The van der Waals surface area contributed by atoms with Crippen molar-refractivity contribution in [2.75, 3.05) is 6.54 Å². The first-order chi connectivity index (χ1) is 8.93. The van der Waals surface area contributed by atoms with Crippen LogP contribution in [0.15, 0.2) is 10.9 Å². The number of nitrogens with zero attached hydrogens (tertiary/aromatic N) is 2. The normalized spacial score (nSPS) is 10.8. The fourth-order valence-electron chi connectivity index (χ4n) is 1.66. The Bertz CT molecular complexity index is 497. The van der Waals surface area contributed by atoms with E-state index < -0.39 is 0 Å². The van der Waals surface area contributed by atoms with Crippen molar-refractivity contribution in [1.82, 2.24) is 14.9 Å². The minimum absolute atomic E-state index is 0.00965. The Labute approximate surface area is 118 Å². The number of carbonyl (C=O) groups excluding carboxylic acids is 1. The molecule has 0 aromatic carbocycles. The summed E-state index contributed by atoms with van der Waals surface area (Å²) in [5, 5.41) is 2.96. The van der Waals surface area contributed by atoms with E-state index in [1.807, 2.05) is 6.92 Å². The smallest absolute Gasteiger partial charge is 0.255 e.